The van der Waals surface area contributed by atoms with Gasteiger partial charge in [-0.1, -0.05) is 44.0 Å². The molecule has 1 aliphatic rings. The first-order valence-corrected chi connectivity index (χ1v) is 11.9. The summed E-state index contributed by atoms with van der Waals surface area (Å²) >= 11 is 12.1. The second kappa shape index (κ2) is 9.72. The van der Waals surface area contributed by atoms with E-state index in [1.165, 1.54) is 0 Å². The average Bonchev–Trinajstić information content (AvgIpc) is 3.29. The molecule has 1 N–H and O–H groups in total. The number of carbonyl (C=O) groups is 2. The molecule has 2 amide bonds. The molecule has 0 bridgehead atoms. The maximum Gasteiger partial charge on any atom is 0.291 e. The van der Waals surface area contributed by atoms with Crippen LogP contribution >= 0.6 is 23.2 Å². The zero-order chi connectivity index (χ0) is 24.5. The summed E-state index contributed by atoms with van der Waals surface area (Å²) in [5.74, 6) is 0.537. The van der Waals surface area contributed by atoms with Crippen molar-refractivity contribution in [3.8, 4) is 11.3 Å². The van der Waals surface area contributed by atoms with Crippen molar-refractivity contribution in [1.29, 1.82) is 0 Å². The van der Waals surface area contributed by atoms with Gasteiger partial charge < -0.3 is 19.5 Å². The SMILES string of the molecule is CC(C)(C)C(=O)N1CCN(c2ccc(NC(=O)c3ccc(-c4cc(Cl)cc(Cl)c4)o3)cc2)CC1. The lowest BCUT2D eigenvalue weighted by atomic mass is 9.94. The summed E-state index contributed by atoms with van der Waals surface area (Å²) in [6, 6.07) is 16.1. The quantitative estimate of drug-likeness (QED) is 0.463. The van der Waals surface area contributed by atoms with Gasteiger partial charge >= 0.3 is 0 Å². The van der Waals surface area contributed by atoms with E-state index in [1.807, 2.05) is 49.9 Å². The van der Waals surface area contributed by atoms with Gasteiger partial charge in [0.25, 0.3) is 5.91 Å². The molecule has 0 aliphatic carbocycles. The summed E-state index contributed by atoms with van der Waals surface area (Å²) in [5, 5.41) is 3.84. The van der Waals surface area contributed by atoms with Crippen molar-refractivity contribution in [2.45, 2.75) is 20.8 Å². The molecule has 178 valence electrons. The first-order chi connectivity index (χ1) is 16.1. The molecule has 1 saturated heterocycles. The summed E-state index contributed by atoms with van der Waals surface area (Å²) in [7, 11) is 0. The standard InChI is InChI=1S/C26H27Cl2N3O3/c1-26(2,3)25(33)31-12-10-30(11-13-31)21-6-4-20(5-7-21)29-24(32)23-9-8-22(34-23)17-14-18(27)16-19(28)15-17/h4-9,14-16H,10-13H2,1-3H3,(H,29,32). The monoisotopic (exact) mass is 499 g/mol. The molecule has 1 aliphatic heterocycles. The van der Waals surface area contributed by atoms with E-state index >= 15 is 0 Å². The highest BCUT2D eigenvalue weighted by Gasteiger charge is 2.29. The minimum Gasteiger partial charge on any atom is -0.451 e. The fourth-order valence-corrected chi connectivity index (χ4v) is 4.43. The smallest absolute Gasteiger partial charge is 0.291 e. The van der Waals surface area contributed by atoms with E-state index in [0.717, 1.165) is 18.8 Å². The molecule has 0 atom stereocenters. The third-order valence-electron chi connectivity index (χ3n) is 5.68. The Morgan fingerprint density at radius 2 is 1.50 bits per heavy atom. The van der Waals surface area contributed by atoms with Gasteiger partial charge in [-0.25, -0.2) is 0 Å². The van der Waals surface area contributed by atoms with Gasteiger partial charge in [0, 0.05) is 58.6 Å². The first kappa shape index (κ1) is 24.2. The number of hydrogen-bond donors (Lipinski definition) is 1. The summed E-state index contributed by atoms with van der Waals surface area (Å²) in [6.45, 7) is 8.80. The van der Waals surface area contributed by atoms with E-state index in [2.05, 4.69) is 10.2 Å². The van der Waals surface area contributed by atoms with E-state index in [1.54, 1.807) is 30.3 Å². The van der Waals surface area contributed by atoms with Gasteiger partial charge in [0.05, 0.1) is 0 Å². The number of piperazine rings is 1. The summed E-state index contributed by atoms with van der Waals surface area (Å²) in [4.78, 5) is 29.3. The molecule has 4 rings (SSSR count). The van der Waals surface area contributed by atoms with Crippen LogP contribution in [0.5, 0.6) is 0 Å². The highest BCUT2D eigenvalue weighted by molar-refractivity contribution is 6.35. The number of nitrogens with one attached hydrogen (secondary N) is 1. The number of halogens is 2. The van der Waals surface area contributed by atoms with Crippen LogP contribution in [-0.2, 0) is 4.79 Å². The van der Waals surface area contributed by atoms with Crippen molar-refractivity contribution in [3.05, 3.63) is 70.4 Å². The molecule has 8 heteroatoms. The maximum atomic E-state index is 12.7. The van der Waals surface area contributed by atoms with Crippen molar-refractivity contribution in [2.75, 3.05) is 36.4 Å². The molecule has 3 aromatic rings. The van der Waals surface area contributed by atoms with Gasteiger partial charge in [0.1, 0.15) is 5.76 Å². The number of amides is 2. The van der Waals surface area contributed by atoms with Crippen LogP contribution in [0.4, 0.5) is 11.4 Å². The maximum absolute atomic E-state index is 12.7. The number of rotatable bonds is 4. The average molecular weight is 500 g/mol. The highest BCUT2D eigenvalue weighted by Crippen LogP contribution is 2.29. The zero-order valence-corrected chi connectivity index (χ0v) is 20.9. The Bertz CT molecular complexity index is 1170. The number of hydrogen-bond acceptors (Lipinski definition) is 4. The minimum absolute atomic E-state index is 0.185. The number of anilines is 2. The van der Waals surface area contributed by atoms with Crippen molar-refractivity contribution in [2.24, 2.45) is 5.41 Å². The summed E-state index contributed by atoms with van der Waals surface area (Å²) in [5.41, 5.74) is 2.06. The first-order valence-electron chi connectivity index (χ1n) is 11.1. The Kier molecular flexibility index (Phi) is 6.91. The van der Waals surface area contributed by atoms with Crippen LogP contribution in [0, 0.1) is 5.41 Å². The molecule has 1 fully saturated rings. The van der Waals surface area contributed by atoms with Crippen LogP contribution < -0.4 is 10.2 Å². The van der Waals surface area contributed by atoms with Crippen molar-refractivity contribution >= 4 is 46.4 Å². The molecule has 34 heavy (non-hydrogen) atoms. The van der Waals surface area contributed by atoms with Crippen LogP contribution in [0.25, 0.3) is 11.3 Å². The van der Waals surface area contributed by atoms with Crippen molar-refractivity contribution in [3.63, 3.8) is 0 Å². The summed E-state index contributed by atoms with van der Waals surface area (Å²) in [6.07, 6.45) is 0. The third kappa shape index (κ3) is 5.57. The molecule has 0 unspecified atom stereocenters. The normalized spacial score (nSPS) is 14.3. The molecule has 0 saturated carbocycles. The van der Waals surface area contributed by atoms with Gasteiger partial charge in [-0.3, -0.25) is 9.59 Å². The molecule has 1 aromatic heterocycles. The molecule has 2 aromatic carbocycles. The zero-order valence-electron chi connectivity index (χ0n) is 19.4. The predicted molar refractivity (Wildman–Crippen MR) is 137 cm³/mol. The van der Waals surface area contributed by atoms with Crippen LogP contribution in [0.2, 0.25) is 10.0 Å². The van der Waals surface area contributed by atoms with Gasteiger partial charge in [-0.05, 0) is 54.6 Å². The van der Waals surface area contributed by atoms with Crippen LogP contribution in [0.15, 0.2) is 59.0 Å². The Morgan fingerprint density at radius 1 is 0.882 bits per heavy atom. The number of benzene rings is 2. The largest absolute Gasteiger partial charge is 0.451 e. The molecular formula is C26H27Cl2N3O3. The Balaban J connectivity index is 1.36. The van der Waals surface area contributed by atoms with E-state index in [0.29, 0.717) is 40.1 Å². The van der Waals surface area contributed by atoms with E-state index < -0.39 is 0 Å². The Labute approximate surface area is 209 Å². The number of carbonyl (C=O) groups excluding carboxylic acids is 2. The topological polar surface area (TPSA) is 65.8 Å². The fraction of sp³-hybridized carbons (Fsp3) is 0.308. The van der Waals surface area contributed by atoms with Crippen molar-refractivity contribution in [1.82, 2.24) is 4.90 Å². The predicted octanol–water partition coefficient (Wildman–Crippen LogP) is 6.20. The fourth-order valence-electron chi connectivity index (χ4n) is 3.90. The number of nitrogens with zero attached hydrogens (tertiary/aromatic N) is 2. The second-order valence-corrected chi connectivity index (χ2v) is 10.2. The van der Waals surface area contributed by atoms with Crippen LogP contribution in [0.1, 0.15) is 31.3 Å². The van der Waals surface area contributed by atoms with E-state index in [-0.39, 0.29) is 23.0 Å². The molecule has 6 nitrogen and oxygen atoms in total. The number of furan rings is 1. The van der Waals surface area contributed by atoms with E-state index in [4.69, 9.17) is 27.6 Å². The molecular weight excluding hydrogens is 473 g/mol. The van der Waals surface area contributed by atoms with Gasteiger partial charge in [-0.2, -0.15) is 0 Å². The lowest BCUT2D eigenvalue weighted by Crippen LogP contribution is -2.51. The minimum atomic E-state index is -0.363. The van der Waals surface area contributed by atoms with Gasteiger partial charge in [0.2, 0.25) is 5.91 Å². The molecule has 2 heterocycles. The molecule has 0 radical (unpaired) electrons. The second-order valence-electron chi connectivity index (χ2n) is 9.35. The summed E-state index contributed by atoms with van der Waals surface area (Å²) < 4.78 is 5.72. The Morgan fingerprint density at radius 3 is 2.09 bits per heavy atom. The van der Waals surface area contributed by atoms with E-state index in [9.17, 15) is 9.59 Å². The molecule has 0 spiro atoms. The lowest BCUT2D eigenvalue weighted by Gasteiger charge is -2.38. The van der Waals surface area contributed by atoms with Gasteiger partial charge in [-0.15, -0.1) is 0 Å². The van der Waals surface area contributed by atoms with Gasteiger partial charge in [0.15, 0.2) is 5.76 Å². The van der Waals surface area contributed by atoms with Crippen LogP contribution in [0.3, 0.4) is 0 Å². The lowest BCUT2D eigenvalue weighted by molar-refractivity contribution is -0.139. The third-order valence-corrected chi connectivity index (χ3v) is 6.11. The van der Waals surface area contributed by atoms with Crippen molar-refractivity contribution < 1.29 is 14.0 Å². The Hall–Kier alpha value is -2.96. The highest BCUT2D eigenvalue weighted by atomic mass is 35.5. The van der Waals surface area contributed by atoms with Crippen LogP contribution in [-0.4, -0.2) is 42.9 Å².